The fourth-order valence-electron chi connectivity index (χ4n) is 2.99. The predicted octanol–water partition coefficient (Wildman–Crippen LogP) is -1.10. The molecule has 9 heteroatoms. The standard InChI is InChI=1S/C13H18O9/c1-11-5-6-12(22-11,9(15)19-3)13(17,10(16)20-4)7(21-11)8(14)18-2/h7,17H,5-6H2,1-4H3/t7-,11+,12+,13-/m0/s1. The van der Waals surface area contributed by atoms with Crippen molar-refractivity contribution in [3.8, 4) is 0 Å². The third kappa shape index (κ3) is 1.93. The van der Waals surface area contributed by atoms with Crippen LogP contribution in [0.1, 0.15) is 19.8 Å². The van der Waals surface area contributed by atoms with Crippen LogP contribution in [0.2, 0.25) is 0 Å². The number of fused-ring (bicyclic) bond motifs is 2. The molecule has 0 aromatic heterocycles. The number of esters is 3. The first kappa shape index (κ1) is 16.7. The van der Waals surface area contributed by atoms with Crippen LogP contribution in [0.4, 0.5) is 0 Å². The molecule has 22 heavy (non-hydrogen) atoms. The lowest BCUT2D eigenvalue weighted by atomic mass is 9.76. The molecule has 0 aromatic carbocycles. The Kier molecular flexibility index (Phi) is 3.92. The molecular weight excluding hydrogens is 300 g/mol. The van der Waals surface area contributed by atoms with E-state index >= 15 is 0 Å². The zero-order valence-corrected chi connectivity index (χ0v) is 12.7. The molecule has 9 nitrogen and oxygen atoms in total. The highest BCUT2D eigenvalue weighted by molar-refractivity contribution is 5.98. The van der Waals surface area contributed by atoms with Crippen LogP contribution in [0.25, 0.3) is 0 Å². The smallest absolute Gasteiger partial charge is 0.345 e. The summed E-state index contributed by atoms with van der Waals surface area (Å²) in [7, 11) is 3.15. The number of methoxy groups -OCH3 is 3. The third-order valence-electron chi connectivity index (χ3n) is 4.11. The van der Waals surface area contributed by atoms with Crippen molar-refractivity contribution < 1.29 is 43.2 Å². The molecule has 2 rings (SSSR count). The Balaban J connectivity index is 2.65. The molecule has 2 saturated heterocycles. The molecule has 2 aliphatic heterocycles. The first-order chi connectivity index (χ1) is 10.2. The van der Waals surface area contributed by atoms with E-state index in [9.17, 15) is 19.5 Å². The fourth-order valence-corrected chi connectivity index (χ4v) is 2.99. The molecule has 0 aromatic rings. The highest BCUT2D eigenvalue weighted by Crippen LogP contribution is 2.53. The molecule has 2 bridgehead atoms. The van der Waals surface area contributed by atoms with E-state index in [1.807, 2.05) is 0 Å². The third-order valence-corrected chi connectivity index (χ3v) is 4.11. The van der Waals surface area contributed by atoms with E-state index in [4.69, 9.17) is 9.47 Å². The summed E-state index contributed by atoms with van der Waals surface area (Å²) < 4.78 is 24.7. The molecule has 2 heterocycles. The minimum atomic E-state index is -2.72. The van der Waals surface area contributed by atoms with E-state index in [1.165, 1.54) is 6.92 Å². The summed E-state index contributed by atoms with van der Waals surface area (Å²) >= 11 is 0. The van der Waals surface area contributed by atoms with E-state index in [1.54, 1.807) is 0 Å². The van der Waals surface area contributed by atoms with Gasteiger partial charge in [-0.2, -0.15) is 0 Å². The normalized spacial score (nSPS) is 40.0. The zero-order chi connectivity index (χ0) is 16.8. The van der Waals surface area contributed by atoms with Crippen molar-refractivity contribution in [3.63, 3.8) is 0 Å². The van der Waals surface area contributed by atoms with Gasteiger partial charge in [0.05, 0.1) is 21.3 Å². The minimum Gasteiger partial charge on any atom is -0.467 e. The summed E-state index contributed by atoms with van der Waals surface area (Å²) in [6.07, 6.45) is -1.71. The maximum Gasteiger partial charge on any atom is 0.345 e. The number of aliphatic hydroxyl groups is 1. The molecule has 0 spiro atoms. The number of hydrogen-bond donors (Lipinski definition) is 1. The average Bonchev–Trinajstić information content (AvgIpc) is 2.84. The van der Waals surface area contributed by atoms with Crippen LogP contribution < -0.4 is 0 Å². The molecule has 2 fully saturated rings. The number of ether oxygens (including phenoxy) is 5. The van der Waals surface area contributed by atoms with E-state index in [-0.39, 0.29) is 12.8 Å². The van der Waals surface area contributed by atoms with Crippen molar-refractivity contribution in [1.82, 2.24) is 0 Å². The first-order valence-corrected chi connectivity index (χ1v) is 6.56. The molecule has 4 atom stereocenters. The molecule has 0 unspecified atom stereocenters. The van der Waals surface area contributed by atoms with Crippen molar-refractivity contribution in [2.24, 2.45) is 0 Å². The Morgan fingerprint density at radius 2 is 1.64 bits per heavy atom. The second kappa shape index (κ2) is 5.18. The van der Waals surface area contributed by atoms with Gasteiger partial charge in [0.2, 0.25) is 17.3 Å². The summed E-state index contributed by atoms with van der Waals surface area (Å²) in [5.41, 5.74) is -4.83. The molecule has 0 amide bonds. The Morgan fingerprint density at radius 3 is 2.14 bits per heavy atom. The number of carbonyl (C=O) groups excluding carboxylic acids is 3. The summed E-state index contributed by atoms with van der Waals surface area (Å²) in [6.45, 7) is 1.49. The lowest BCUT2D eigenvalue weighted by Gasteiger charge is -2.48. The largest absolute Gasteiger partial charge is 0.467 e. The van der Waals surface area contributed by atoms with Crippen LogP contribution in [0, 0.1) is 0 Å². The van der Waals surface area contributed by atoms with Gasteiger partial charge in [0.15, 0.2) is 5.79 Å². The Labute approximate surface area is 126 Å². The molecule has 0 saturated carbocycles. The second-order valence-corrected chi connectivity index (χ2v) is 5.33. The van der Waals surface area contributed by atoms with Crippen molar-refractivity contribution in [3.05, 3.63) is 0 Å². The van der Waals surface area contributed by atoms with Gasteiger partial charge in [-0.05, 0) is 13.3 Å². The van der Waals surface area contributed by atoms with Gasteiger partial charge in [-0.3, -0.25) is 0 Å². The molecule has 2 aliphatic rings. The summed E-state index contributed by atoms with van der Waals surface area (Å²) in [5.74, 6) is -4.62. The van der Waals surface area contributed by atoms with Crippen molar-refractivity contribution in [1.29, 1.82) is 0 Å². The Bertz CT molecular complexity index is 518. The predicted molar refractivity (Wildman–Crippen MR) is 67.3 cm³/mol. The van der Waals surface area contributed by atoms with E-state index in [0.29, 0.717) is 0 Å². The van der Waals surface area contributed by atoms with Crippen LogP contribution in [0.5, 0.6) is 0 Å². The lowest BCUT2D eigenvalue weighted by molar-refractivity contribution is -0.355. The molecule has 0 radical (unpaired) electrons. The van der Waals surface area contributed by atoms with Crippen LogP contribution in [0.15, 0.2) is 0 Å². The maximum absolute atomic E-state index is 12.3. The van der Waals surface area contributed by atoms with Crippen molar-refractivity contribution in [2.45, 2.75) is 42.9 Å². The topological polar surface area (TPSA) is 118 Å². The molecule has 0 aliphatic carbocycles. The molecule has 124 valence electrons. The quantitative estimate of drug-likeness (QED) is 0.511. The maximum atomic E-state index is 12.3. The Morgan fingerprint density at radius 1 is 1.05 bits per heavy atom. The number of carbonyl (C=O) groups is 3. The van der Waals surface area contributed by atoms with Crippen molar-refractivity contribution in [2.75, 3.05) is 21.3 Å². The van der Waals surface area contributed by atoms with Gasteiger partial charge in [0.1, 0.15) is 0 Å². The van der Waals surface area contributed by atoms with Gasteiger partial charge in [0.25, 0.3) is 0 Å². The molecular formula is C13H18O9. The van der Waals surface area contributed by atoms with E-state index in [0.717, 1.165) is 21.3 Å². The van der Waals surface area contributed by atoms with Gasteiger partial charge < -0.3 is 28.8 Å². The fraction of sp³-hybridized carbons (Fsp3) is 0.769. The zero-order valence-electron chi connectivity index (χ0n) is 12.7. The van der Waals surface area contributed by atoms with Gasteiger partial charge in [-0.25, -0.2) is 14.4 Å². The minimum absolute atomic E-state index is 0.0880. The summed E-state index contributed by atoms with van der Waals surface area (Å²) in [4.78, 5) is 36.4. The van der Waals surface area contributed by atoms with Gasteiger partial charge in [-0.1, -0.05) is 0 Å². The first-order valence-electron chi connectivity index (χ1n) is 6.56. The highest BCUT2D eigenvalue weighted by atomic mass is 16.8. The highest BCUT2D eigenvalue weighted by Gasteiger charge is 2.78. The second-order valence-electron chi connectivity index (χ2n) is 5.33. The SMILES string of the molecule is COC(=O)[C@@H]1O[C@@]2(C)CC[C@](C(=O)OC)(O2)[C@@]1(O)C(=O)OC. The van der Waals surface area contributed by atoms with Gasteiger partial charge >= 0.3 is 17.9 Å². The van der Waals surface area contributed by atoms with Gasteiger partial charge in [0, 0.05) is 6.42 Å². The number of rotatable bonds is 3. The average molecular weight is 318 g/mol. The van der Waals surface area contributed by atoms with E-state index in [2.05, 4.69) is 14.2 Å². The summed E-state index contributed by atoms with van der Waals surface area (Å²) in [6, 6.07) is 0. The van der Waals surface area contributed by atoms with Crippen LogP contribution >= 0.6 is 0 Å². The van der Waals surface area contributed by atoms with Gasteiger partial charge in [-0.15, -0.1) is 0 Å². The van der Waals surface area contributed by atoms with Crippen molar-refractivity contribution >= 4 is 17.9 Å². The van der Waals surface area contributed by atoms with Crippen LogP contribution in [0.3, 0.4) is 0 Å². The van der Waals surface area contributed by atoms with Crippen LogP contribution in [-0.4, -0.2) is 67.4 Å². The van der Waals surface area contributed by atoms with E-state index < -0.39 is 41.0 Å². The molecule has 1 N–H and O–H groups in total. The number of hydrogen-bond acceptors (Lipinski definition) is 9. The summed E-state index contributed by atoms with van der Waals surface area (Å²) in [5, 5.41) is 10.9. The lowest BCUT2D eigenvalue weighted by Crippen LogP contribution is -2.75. The van der Waals surface area contributed by atoms with Crippen LogP contribution in [-0.2, 0) is 38.1 Å². The monoisotopic (exact) mass is 318 g/mol. The Hall–Kier alpha value is -1.71.